The van der Waals surface area contributed by atoms with Gasteiger partial charge in [-0.1, -0.05) is 13.0 Å². The first kappa shape index (κ1) is 14.6. The molecule has 0 aliphatic heterocycles. The van der Waals surface area contributed by atoms with E-state index < -0.39 is 0 Å². The molecule has 0 aromatic carbocycles. The third kappa shape index (κ3) is 2.84. The average molecular weight is 275 g/mol. The van der Waals surface area contributed by atoms with Gasteiger partial charge in [-0.05, 0) is 93.9 Å². The molecule has 1 nitrogen and oxygen atoms in total. The largest absolute Gasteiger partial charge is 0.313 e. The molecule has 4 aliphatic carbocycles. The molecule has 4 rings (SSSR count). The van der Waals surface area contributed by atoms with E-state index in [1.165, 1.54) is 51.5 Å². The molecule has 0 saturated heterocycles. The lowest BCUT2D eigenvalue weighted by Gasteiger charge is -2.59. The highest BCUT2D eigenvalue weighted by molar-refractivity contribution is 5.06. The maximum atomic E-state index is 3.95. The molecule has 4 aliphatic rings. The predicted octanol–water partition coefficient (Wildman–Crippen LogP) is 4.93. The van der Waals surface area contributed by atoms with Crippen LogP contribution in [0, 0.1) is 23.2 Å². The van der Waals surface area contributed by atoms with Crippen LogP contribution < -0.4 is 5.32 Å². The Labute approximate surface area is 125 Å². The van der Waals surface area contributed by atoms with Crippen molar-refractivity contribution >= 4 is 0 Å². The molecule has 1 unspecified atom stereocenters. The van der Waals surface area contributed by atoms with Crippen molar-refractivity contribution in [1.29, 1.82) is 0 Å². The van der Waals surface area contributed by atoms with Crippen molar-refractivity contribution < 1.29 is 0 Å². The predicted molar refractivity (Wildman–Crippen MR) is 86.7 cm³/mol. The fraction of sp³-hybridized carbons (Fsp3) is 0.895. The maximum Gasteiger partial charge on any atom is 0.0124 e. The van der Waals surface area contributed by atoms with Crippen molar-refractivity contribution in [3.63, 3.8) is 0 Å². The second-order valence-corrected chi connectivity index (χ2v) is 8.01. The van der Waals surface area contributed by atoms with E-state index in [1.807, 2.05) is 0 Å². The van der Waals surface area contributed by atoms with Gasteiger partial charge in [0.1, 0.15) is 0 Å². The van der Waals surface area contributed by atoms with E-state index in [0.717, 1.165) is 23.8 Å². The summed E-state index contributed by atoms with van der Waals surface area (Å²) in [5.41, 5.74) is 0.672. The highest BCUT2D eigenvalue weighted by Gasteiger charge is 2.53. The van der Waals surface area contributed by atoms with Crippen LogP contribution in [0.3, 0.4) is 0 Å². The zero-order chi connectivity index (χ0) is 14.0. The van der Waals surface area contributed by atoms with Gasteiger partial charge in [0.15, 0.2) is 0 Å². The number of nitrogens with one attached hydrogen (secondary N) is 1. The Morgan fingerprint density at radius 1 is 1.15 bits per heavy atom. The van der Waals surface area contributed by atoms with Gasteiger partial charge in [-0.2, -0.15) is 0 Å². The Balaban J connectivity index is 1.69. The van der Waals surface area contributed by atoms with E-state index in [-0.39, 0.29) is 0 Å². The van der Waals surface area contributed by atoms with Gasteiger partial charge in [-0.3, -0.25) is 0 Å². The SMILES string of the molecule is C=CCCCC(NCCC)C12CC3CC(CC(C3)C1)C2. The minimum Gasteiger partial charge on any atom is -0.313 e. The third-order valence-corrected chi connectivity index (χ3v) is 6.37. The summed E-state index contributed by atoms with van der Waals surface area (Å²) < 4.78 is 0. The molecule has 0 radical (unpaired) electrons. The Hall–Kier alpha value is -0.300. The summed E-state index contributed by atoms with van der Waals surface area (Å²) in [5.74, 6) is 3.23. The Bertz CT molecular complexity index is 297. The minimum absolute atomic E-state index is 0.672. The van der Waals surface area contributed by atoms with Crippen LogP contribution in [-0.4, -0.2) is 12.6 Å². The Morgan fingerprint density at radius 3 is 2.25 bits per heavy atom. The highest BCUT2D eigenvalue weighted by Crippen LogP contribution is 2.61. The van der Waals surface area contributed by atoms with Crippen LogP contribution >= 0.6 is 0 Å². The van der Waals surface area contributed by atoms with Crippen LogP contribution in [0.1, 0.15) is 71.1 Å². The quantitative estimate of drug-likeness (QED) is 0.489. The number of unbranched alkanes of at least 4 members (excludes halogenated alkanes) is 1. The van der Waals surface area contributed by atoms with E-state index >= 15 is 0 Å². The van der Waals surface area contributed by atoms with Crippen molar-refractivity contribution in [3.8, 4) is 0 Å². The average Bonchev–Trinajstić information content (AvgIpc) is 2.41. The van der Waals surface area contributed by atoms with Crippen LogP contribution in [0.25, 0.3) is 0 Å². The summed E-state index contributed by atoms with van der Waals surface area (Å²) >= 11 is 0. The van der Waals surface area contributed by atoms with Crippen molar-refractivity contribution in [2.24, 2.45) is 23.2 Å². The first-order valence-corrected chi connectivity index (χ1v) is 9.10. The highest BCUT2D eigenvalue weighted by atomic mass is 14.9. The van der Waals surface area contributed by atoms with Crippen LogP contribution in [0.4, 0.5) is 0 Å². The molecular weight excluding hydrogens is 242 g/mol. The topological polar surface area (TPSA) is 12.0 Å². The molecule has 0 heterocycles. The molecule has 114 valence electrons. The summed E-state index contributed by atoms with van der Waals surface area (Å²) in [6, 6.07) is 0.788. The van der Waals surface area contributed by atoms with Crippen molar-refractivity contribution in [2.45, 2.75) is 77.2 Å². The van der Waals surface area contributed by atoms with Crippen LogP contribution in [-0.2, 0) is 0 Å². The van der Waals surface area contributed by atoms with Crippen LogP contribution in [0.5, 0.6) is 0 Å². The van der Waals surface area contributed by atoms with E-state index in [2.05, 4.69) is 24.9 Å². The standard InChI is InChI=1S/C19H33N/c1-3-5-6-7-18(20-8-4-2)19-12-15-9-16(13-19)11-17(10-15)14-19/h3,15-18,20H,1,4-14H2,2H3. The second-order valence-electron chi connectivity index (χ2n) is 8.01. The zero-order valence-corrected chi connectivity index (χ0v) is 13.4. The minimum atomic E-state index is 0.672. The lowest BCUT2D eigenvalue weighted by atomic mass is 9.47. The smallest absolute Gasteiger partial charge is 0.0124 e. The summed E-state index contributed by atoms with van der Waals surface area (Å²) in [4.78, 5) is 0. The summed E-state index contributed by atoms with van der Waals surface area (Å²) in [5, 5.41) is 3.95. The first-order valence-electron chi connectivity index (χ1n) is 9.10. The molecule has 0 aromatic heterocycles. The van der Waals surface area contributed by atoms with Crippen molar-refractivity contribution in [1.82, 2.24) is 5.32 Å². The maximum absolute atomic E-state index is 3.95. The lowest BCUT2D eigenvalue weighted by molar-refractivity contribution is -0.0754. The van der Waals surface area contributed by atoms with E-state index in [1.54, 1.807) is 19.3 Å². The molecule has 4 fully saturated rings. The third-order valence-electron chi connectivity index (χ3n) is 6.37. The molecule has 4 saturated carbocycles. The summed E-state index contributed by atoms with van der Waals surface area (Å²) in [7, 11) is 0. The Kier molecular flexibility index (Phi) is 4.55. The monoisotopic (exact) mass is 275 g/mol. The fourth-order valence-corrected chi connectivity index (χ4v) is 6.01. The zero-order valence-electron chi connectivity index (χ0n) is 13.4. The number of hydrogen-bond donors (Lipinski definition) is 1. The van der Waals surface area contributed by atoms with Crippen LogP contribution in [0.2, 0.25) is 0 Å². The molecule has 1 N–H and O–H groups in total. The Morgan fingerprint density at radius 2 is 1.75 bits per heavy atom. The molecular formula is C19H33N. The molecule has 4 bridgehead atoms. The van der Waals surface area contributed by atoms with Gasteiger partial charge in [0.2, 0.25) is 0 Å². The van der Waals surface area contributed by atoms with Gasteiger partial charge in [0.05, 0.1) is 0 Å². The molecule has 1 atom stereocenters. The normalized spacial score (nSPS) is 40.0. The number of allylic oxidation sites excluding steroid dienone is 1. The lowest BCUT2D eigenvalue weighted by Crippen LogP contribution is -2.56. The first-order chi connectivity index (χ1) is 9.75. The van der Waals surface area contributed by atoms with E-state index in [4.69, 9.17) is 0 Å². The van der Waals surface area contributed by atoms with E-state index in [9.17, 15) is 0 Å². The molecule has 1 heteroatoms. The van der Waals surface area contributed by atoms with Gasteiger partial charge in [-0.25, -0.2) is 0 Å². The van der Waals surface area contributed by atoms with Gasteiger partial charge in [0, 0.05) is 6.04 Å². The van der Waals surface area contributed by atoms with Gasteiger partial charge in [-0.15, -0.1) is 6.58 Å². The second kappa shape index (κ2) is 6.22. The van der Waals surface area contributed by atoms with Crippen molar-refractivity contribution in [3.05, 3.63) is 12.7 Å². The van der Waals surface area contributed by atoms with Crippen molar-refractivity contribution in [2.75, 3.05) is 6.54 Å². The molecule has 0 aromatic rings. The fourth-order valence-electron chi connectivity index (χ4n) is 6.01. The molecule has 0 spiro atoms. The van der Waals surface area contributed by atoms with Crippen LogP contribution in [0.15, 0.2) is 12.7 Å². The molecule has 20 heavy (non-hydrogen) atoms. The van der Waals surface area contributed by atoms with Gasteiger partial charge >= 0.3 is 0 Å². The number of rotatable bonds is 8. The van der Waals surface area contributed by atoms with E-state index in [0.29, 0.717) is 5.41 Å². The number of hydrogen-bond acceptors (Lipinski definition) is 1. The van der Waals surface area contributed by atoms with Gasteiger partial charge < -0.3 is 5.32 Å². The molecule has 0 amide bonds. The van der Waals surface area contributed by atoms with Gasteiger partial charge in [0.25, 0.3) is 0 Å². The summed E-state index contributed by atoms with van der Waals surface area (Å²) in [6.07, 6.45) is 16.5. The summed E-state index contributed by atoms with van der Waals surface area (Å²) in [6.45, 7) is 7.40.